The van der Waals surface area contributed by atoms with E-state index in [0.717, 1.165) is 47.5 Å². The van der Waals surface area contributed by atoms with Crippen molar-refractivity contribution < 1.29 is 19.4 Å². The van der Waals surface area contributed by atoms with E-state index in [1.807, 2.05) is 50.7 Å². The zero-order valence-electron chi connectivity index (χ0n) is 24.4. The molecule has 2 amide bonds. The topological polar surface area (TPSA) is 106 Å². The third-order valence-electron chi connectivity index (χ3n) is 8.40. The van der Waals surface area contributed by atoms with E-state index in [4.69, 9.17) is 9.72 Å². The number of carboxylic acid groups (broad SMARTS) is 1. The van der Waals surface area contributed by atoms with Crippen LogP contribution in [0.25, 0.3) is 33.6 Å². The van der Waals surface area contributed by atoms with E-state index in [-0.39, 0.29) is 11.9 Å². The van der Waals surface area contributed by atoms with E-state index in [0.29, 0.717) is 35.8 Å². The first-order chi connectivity index (χ1) is 19.6. The van der Waals surface area contributed by atoms with E-state index in [9.17, 15) is 14.7 Å². The summed E-state index contributed by atoms with van der Waals surface area (Å²) in [5.41, 5.74) is 3.36. The van der Waals surface area contributed by atoms with Gasteiger partial charge in [-0.25, -0.2) is 14.8 Å². The van der Waals surface area contributed by atoms with Gasteiger partial charge in [-0.05, 0) is 82.7 Å². The number of ether oxygens (including phenoxy) is 1. The summed E-state index contributed by atoms with van der Waals surface area (Å²) in [4.78, 5) is 38.9. The summed E-state index contributed by atoms with van der Waals surface area (Å²) in [7, 11) is 3.58. The minimum Gasteiger partial charge on any atom is -0.494 e. The van der Waals surface area contributed by atoms with E-state index < -0.39 is 11.6 Å². The van der Waals surface area contributed by atoms with Crippen LogP contribution in [0.3, 0.4) is 0 Å². The summed E-state index contributed by atoms with van der Waals surface area (Å²) in [6, 6.07) is 9.51. The van der Waals surface area contributed by atoms with Crippen molar-refractivity contribution in [3.8, 4) is 17.3 Å². The number of fused-ring (bicyclic) bond motifs is 2. The van der Waals surface area contributed by atoms with Crippen LogP contribution in [0.4, 0.5) is 4.79 Å². The number of likely N-dealkylation sites (tertiary alicyclic amines) is 1. The van der Waals surface area contributed by atoms with Gasteiger partial charge in [0.05, 0.1) is 24.4 Å². The van der Waals surface area contributed by atoms with Gasteiger partial charge in [-0.1, -0.05) is 0 Å². The largest absolute Gasteiger partial charge is 0.494 e. The number of piperidine rings is 1. The molecule has 10 heteroatoms. The lowest BCUT2D eigenvalue weighted by molar-refractivity contribution is 0.0315. The maximum absolute atomic E-state index is 13.8. The SMILES string of the molecule is COc1cc(C(=O)N2CCC[C@@H](N(C(=O)O)C(C)(C)C)C2)cc2nc(-c3cc4cccnc4n3CC3CC3)n(C)c12. The Hall–Kier alpha value is -4.08. The standard InChI is InChI=1S/C31H38N6O4/c1-31(2,3)37(30(39)40)22-9-7-13-35(18-22)29(38)21-14-23-26(25(16-21)41-5)34(4)28(33-23)24-15-20-8-6-12-32-27(20)36(24)17-19-10-11-19/h6,8,12,14-16,19,22H,7,9-11,13,17-18H2,1-5H3,(H,39,40)/t22-/m1/s1. The first kappa shape index (κ1) is 27.1. The molecule has 0 unspecified atom stereocenters. The molecule has 216 valence electrons. The van der Waals surface area contributed by atoms with Crippen LogP contribution in [0.5, 0.6) is 5.75 Å². The summed E-state index contributed by atoms with van der Waals surface area (Å²) < 4.78 is 10.1. The molecule has 1 atom stereocenters. The smallest absolute Gasteiger partial charge is 0.408 e. The van der Waals surface area contributed by atoms with Crippen LogP contribution in [0.2, 0.25) is 0 Å². The van der Waals surface area contributed by atoms with Crippen molar-refractivity contribution >= 4 is 34.1 Å². The van der Waals surface area contributed by atoms with Crippen LogP contribution in [0.15, 0.2) is 36.5 Å². The van der Waals surface area contributed by atoms with Crippen molar-refractivity contribution in [2.45, 2.75) is 64.6 Å². The number of nitrogens with zero attached hydrogens (tertiary/aromatic N) is 6. The van der Waals surface area contributed by atoms with Gasteiger partial charge in [-0.2, -0.15) is 0 Å². The Morgan fingerprint density at radius 2 is 1.95 bits per heavy atom. The molecule has 2 aliphatic rings. The molecule has 10 nitrogen and oxygen atoms in total. The number of hydrogen-bond acceptors (Lipinski definition) is 5. The number of imidazole rings is 1. The molecule has 6 rings (SSSR count). The van der Waals surface area contributed by atoms with Crippen molar-refractivity contribution in [2.24, 2.45) is 13.0 Å². The Morgan fingerprint density at radius 3 is 2.63 bits per heavy atom. The Labute approximate surface area is 239 Å². The molecule has 2 fully saturated rings. The van der Waals surface area contributed by atoms with Gasteiger partial charge in [-0.15, -0.1) is 0 Å². The minimum absolute atomic E-state index is 0.145. The average Bonchev–Trinajstić information content (AvgIpc) is 3.60. The third kappa shape index (κ3) is 4.89. The quantitative estimate of drug-likeness (QED) is 0.340. The zero-order chi connectivity index (χ0) is 29.1. The van der Waals surface area contributed by atoms with E-state index in [2.05, 4.69) is 21.7 Å². The highest BCUT2D eigenvalue weighted by molar-refractivity contribution is 6.00. The molecule has 1 saturated carbocycles. The van der Waals surface area contributed by atoms with Crippen LogP contribution in [0, 0.1) is 5.92 Å². The summed E-state index contributed by atoms with van der Waals surface area (Å²) >= 11 is 0. The van der Waals surface area contributed by atoms with Gasteiger partial charge in [0, 0.05) is 49.4 Å². The second kappa shape index (κ2) is 10.1. The fourth-order valence-corrected chi connectivity index (χ4v) is 6.36. The number of methoxy groups -OCH3 is 1. The Morgan fingerprint density at radius 1 is 1.17 bits per heavy atom. The van der Waals surface area contributed by atoms with Crippen LogP contribution in [-0.2, 0) is 13.6 Å². The fourth-order valence-electron chi connectivity index (χ4n) is 6.36. The maximum Gasteiger partial charge on any atom is 0.408 e. The van der Waals surface area contributed by atoms with Gasteiger partial charge < -0.3 is 23.9 Å². The van der Waals surface area contributed by atoms with Crippen molar-refractivity contribution in [3.63, 3.8) is 0 Å². The van der Waals surface area contributed by atoms with Crippen molar-refractivity contribution in [3.05, 3.63) is 42.1 Å². The van der Waals surface area contributed by atoms with Crippen LogP contribution < -0.4 is 4.74 Å². The lowest BCUT2D eigenvalue weighted by Gasteiger charge is -2.44. The number of hydrogen-bond donors (Lipinski definition) is 1. The van der Waals surface area contributed by atoms with Gasteiger partial charge in [0.25, 0.3) is 5.91 Å². The van der Waals surface area contributed by atoms with E-state index >= 15 is 0 Å². The van der Waals surface area contributed by atoms with Crippen molar-refractivity contribution in [1.29, 1.82) is 0 Å². The number of carbonyl (C=O) groups excluding carboxylic acids is 1. The second-order valence-corrected chi connectivity index (χ2v) is 12.4. The van der Waals surface area contributed by atoms with Gasteiger partial charge in [-0.3, -0.25) is 9.69 Å². The van der Waals surface area contributed by atoms with Gasteiger partial charge in [0.15, 0.2) is 5.82 Å². The highest BCUT2D eigenvalue weighted by Crippen LogP contribution is 2.37. The lowest BCUT2D eigenvalue weighted by Crippen LogP contribution is -2.57. The molecule has 0 spiro atoms. The molecule has 0 radical (unpaired) electrons. The van der Waals surface area contributed by atoms with Crippen LogP contribution in [-0.4, -0.2) is 77.8 Å². The number of aromatic nitrogens is 4. The first-order valence-corrected chi connectivity index (χ1v) is 14.4. The molecule has 1 aliphatic carbocycles. The van der Waals surface area contributed by atoms with Crippen LogP contribution >= 0.6 is 0 Å². The van der Waals surface area contributed by atoms with Crippen molar-refractivity contribution in [2.75, 3.05) is 20.2 Å². The van der Waals surface area contributed by atoms with Gasteiger partial charge in [0.1, 0.15) is 16.9 Å². The Kier molecular flexibility index (Phi) is 6.66. The fraction of sp³-hybridized carbons (Fsp3) is 0.484. The van der Waals surface area contributed by atoms with Crippen molar-refractivity contribution in [1.82, 2.24) is 28.9 Å². The molecule has 1 N–H and O–H groups in total. The number of pyridine rings is 1. The predicted molar refractivity (Wildman–Crippen MR) is 157 cm³/mol. The Balaban J connectivity index is 1.37. The highest BCUT2D eigenvalue weighted by Gasteiger charge is 2.37. The number of amides is 2. The monoisotopic (exact) mass is 558 g/mol. The summed E-state index contributed by atoms with van der Waals surface area (Å²) in [5.74, 6) is 1.88. The normalized spacial score (nSPS) is 17.8. The molecule has 1 aromatic carbocycles. The Bertz CT molecular complexity index is 1640. The van der Waals surface area contributed by atoms with E-state index in [1.54, 1.807) is 18.1 Å². The number of benzene rings is 1. The molecule has 3 aromatic heterocycles. The third-order valence-corrected chi connectivity index (χ3v) is 8.40. The van der Waals surface area contributed by atoms with E-state index in [1.165, 1.54) is 17.7 Å². The molecular weight excluding hydrogens is 520 g/mol. The maximum atomic E-state index is 13.8. The van der Waals surface area contributed by atoms with Crippen LogP contribution in [0.1, 0.15) is 56.8 Å². The molecule has 4 heterocycles. The van der Waals surface area contributed by atoms with Gasteiger partial charge in [0.2, 0.25) is 0 Å². The number of carbonyl (C=O) groups is 2. The molecular formula is C31H38N6O4. The van der Waals surface area contributed by atoms with Gasteiger partial charge >= 0.3 is 6.09 Å². The average molecular weight is 559 g/mol. The molecule has 0 bridgehead atoms. The highest BCUT2D eigenvalue weighted by atomic mass is 16.5. The molecule has 1 saturated heterocycles. The second-order valence-electron chi connectivity index (χ2n) is 12.4. The lowest BCUT2D eigenvalue weighted by atomic mass is 9.97. The summed E-state index contributed by atoms with van der Waals surface area (Å²) in [5, 5.41) is 11.0. The zero-order valence-corrected chi connectivity index (χ0v) is 24.4. The summed E-state index contributed by atoms with van der Waals surface area (Å²) in [6.45, 7) is 7.50. The predicted octanol–water partition coefficient (Wildman–Crippen LogP) is 5.39. The minimum atomic E-state index is -0.963. The molecule has 4 aromatic rings. The number of aryl methyl sites for hydroxylation is 1. The summed E-state index contributed by atoms with van der Waals surface area (Å²) in [6.07, 6.45) is 4.78. The molecule has 41 heavy (non-hydrogen) atoms. The molecule has 1 aliphatic heterocycles. The first-order valence-electron chi connectivity index (χ1n) is 14.4. The number of rotatable bonds is 6.